The van der Waals surface area contributed by atoms with Gasteiger partial charge in [-0.25, -0.2) is 0 Å². The zero-order valence-corrected chi connectivity index (χ0v) is 9.62. The molecule has 1 aromatic carbocycles. The van der Waals surface area contributed by atoms with Crippen LogP contribution in [0.4, 0.5) is 4.39 Å². The van der Waals surface area contributed by atoms with Crippen LogP contribution in [0.15, 0.2) is 22.7 Å². The fourth-order valence-electron chi connectivity index (χ4n) is 1.73. The van der Waals surface area contributed by atoms with Crippen LogP contribution in [0.1, 0.15) is 30.9 Å². The summed E-state index contributed by atoms with van der Waals surface area (Å²) in [5.74, 6) is 0.0276. The summed E-state index contributed by atoms with van der Waals surface area (Å²) < 4.78 is 18.4. The summed E-state index contributed by atoms with van der Waals surface area (Å²) in [6.45, 7) is 7.79. The van der Waals surface area contributed by atoms with Gasteiger partial charge in [-0.2, -0.15) is 0 Å². The Morgan fingerprint density at radius 2 is 2.12 bits per heavy atom. The first-order chi connectivity index (χ1) is 7.58. The van der Waals surface area contributed by atoms with E-state index in [0.29, 0.717) is 5.66 Å². The van der Waals surface area contributed by atoms with E-state index in [0.717, 1.165) is 16.7 Å². The van der Waals surface area contributed by atoms with Crippen molar-refractivity contribution in [3.05, 3.63) is 35.2 Å². The first kappa shape index (κ1) is 11.1. The quantitative estimate of drug-likeness (QED) is 0.771. The molecule has 0 atom stereocenters. The van der Waals surface area contributed by atoms with Crippen LogP contribution in [-0.2, 0) is 0 Å². The molecular formula is C12H13BFNO. The van der Waals surface area contributed by atoms with Crippen LogP contribution < -0.4 is 0 Å². The number of hydrogen-bond acceptors (Lipinski definition) is 2. The van der Waals surface area contributed by atoms with Gasteiger partial charge in [0.15, 0.2) is 0 Å². The zero-order valence-electron chi connectivity index (χ0n) is 9.62. The number of nitrogens with zero attached hydrogens (tertiary/aromatic N) is 1. The van der Waals surface area contributed by atoms with Gasteiger partial charge in [0.2, 0.25) is 0 Å². The first-order valence-electron chi connectivity index (χ1n) is 5.31. The molecule has 0 radical (unpaired) electrons. The maximum atomic E-state index is 13.2. The van der Waals surface area contributed by atoms with Crippen molar-refractivity contribution < 1.29 is 8.91 Å². The number of aromatic nitrogens is 1. The predicted molar refractivity (Wildman–Crippen MR) is 62.1 cm³/mol. The van der Waals surface area contributed by atoms with Crippen molar-refractivity contribution in [3.8, 4) is 11.2 Å². The fourth-order valence-corrected chi connectivity index (χ4v) is 1.73. The third-order valence-electron chi connectivity index (χ3n) is 2.53. The molecule has 2 rings (SSSR count). The molecule has 82 valence electrons. The van der Waals surface area contributed by atoms with Gasteiger partial charge >= 0.3 is 94.1 Å². The van der Waals surface area contributed by atoms with Crippen LogP contribution in [-0.4, -0.2) is 12.1 Å². The van der Waals surface area contributed by atoms with E-state index in [9.17, 15) is 4.39 Å². The molecule has 0 N–H and O–H groups in total. The second-order valence-corrected chi connectivity index (χ2v) is 4.22. The van der Waals surface area contributed by atoms with E-state index in [4.69, 9.17) is 4.52 Å². The topological polar surface area (TPSA) is 26.0 Å². The summed E-state index contributed by atoms with van der Waals surface area (Å²) >= 11 is 0. The van der Waals surface area contributed by atoms with Gasteiger partial charge in [0.1, 0.15) is 0 Å². The van der Waals surface area contributed by atoms with Gasteiger partial charge in [-0.05, 0) is 0 Å². The molecule has 0 aliphatic rings. The summed E-state index contributed by atoms with van der Waals surface area (Å²) in [6, 6.07) is 4.74. The Bertz CT molecular complexity index is 507. The molecule has 2 nitrogen and oxygen atoms in total. The molecule has 0 saturated carbocycles. The summed E-state index contributed by atoms with van der Waals surface area (Å²) in [5.41, 5.74) is 3.38. The Balaban J connectivity index is 2.56. The normalized spacial score (nSPS) is 10.8. The van der Waals surface area contributed by atoms with Crippen molar-refractivity contribution in [2.24, 2.45) is 0 Å². The number of aryl methyl sites for hydroxylation is 1. The average molecular weight is 217 g/mol. The van der Waals surface area contributed by atoms with E-state index in [1.807, 2.05) is 27.7 Å². The summed E-state index contributed by atoms with van der Waals surface area (Å²) in [7, 11) is 0. The minimum absolute atomic E-state index is 0.219. The van der Waals surface area contributed by atoms with Crippen LogP contribution in [0, 0.1) is 12.7 Å². The van der Waals surface area contributed by atoms with Gasteiger partial charge in [-0.15, -0.1) is 0 Å². The molecule has 1 heterocycles. The fraction of sp³-hybridized carbons (Fsp3) is 0.333. The van der Waals surface area contributed by atoms with E-state index < -0.39 is 0 Å². The van der Waals surface area contributed by atoms with Crippen LogP contribution >= 0.6 is 0 Å². The number of benzene rings is 1. The minimum atomic E-state index is -0.219. The standard InChI is InChI=1S/C12H13BFNO/c1-7(2)11-6-9(14)4-5-10(11)12-13-8(3)15-16-12/h4-7H,1-3H3. The molecule has 0 unspecified atom stereocenters. The Labute approximate surface area is 94.7 Å². The Morgan fingerprint density at radius 3 is 2.69 bits per heavy atom. The monoisotopic (exact) mass is 217 g/mol. The van der Waals surface area contributed by atoms with Crippen LogP contribution in [0.5, 0.6) is 0 Å². The van der Waals surface area contributed by atoms with Crippen LogP contribution in [0.2, 0.25) is 0 Å². The number of halogens is 1. The third-order valence-corrected chi connectivity index (χ3v) is 2.53. The third kappa shape index (κ3) is 2.06. The van der Waals surface area contributed by atoms with E-state index in [1.165, 1.54) is 6.07 Å². The Hall–Kier alpha value is -1.45. The molecule has 0 aliphatic carbocycles. The van der Waals surface area contributed by atoms with Gasteiger partial charge in [0.25, 0.3) is 0 Å². The number of hydrogen-bond donors (Lipinski definition) is 0. The van der Waals surface area contributed by atoms with Crippen molar-refractivity contribution in [1.29, 1.82) is 0 Å². The number of rotatable bonds is 2. The second kappa shape index (κ2) is 4.20. The molecule has 2 aromatic rings. The Kier molecular flexibility index (Phi) is 2.90. The first-order valence-corrected chi connectivity index (χ1v) is 5.31. The molecule has 0 saturated heterocycles. The molecule has 16 heavy (non-hydrogen) atoms. The molecule has 4 heteroatoms. The molecular weight excluding hydrogens is 204 g/mol. The van der Waals surface area contributed by atoms with E-state index in [1.54, 1.807) is 12.1 Å². The molecule has 0 aliphatic heterocycles. The van der Waals surface area contributed by atoms with Crippen molar-refractivity contribution in [2.45, 2.75) is 26.7 Å². The molecule has 0 spiro atoms. The molecule has 1 aromatic heterocycles. The van der Waals surface area contributed by atoms with E-state index in [-0.39, 0.29) is 11.7 Å². The average Bonchev–Trinajstić information content (AvgIpc) is 2.64. The van der Waals surface area contributed by atoms with Gasteiger partial charge in [0.05, 0.1) is 0 Å². The van der Waals surface area contributed by atoms with E-state index in [2.05, 4.69) is 5.16 Å². The van der Waals surface area contributed by atoms with Gasteiger partial charge in [-0.1, -0.05) is 0 Å². The second-order valence-electron chi connectivity index (χ2n) is 4.22. The predicted octanol–water partition coefficient (Wildman–Crippen LogP) is 3.25. The van der Waals surface area contributed by atoms with Gasteiger partial charge in [0, 0.05) is 0 Å². The van der Waals surface area contributed by atoms with E-state index >= 15 is 0 Å². The van der Waals surface area contributed by atoms with Crippen LogP contribution in [0.3, 0.4) is 0 Å². The molecule has 0 fully saturated rings. The molecule has 0 amide bonds. The SMILES string of the molecule is Cc1bc(-c2ccc(F)cc2C(C)C)on1. The van der Waals surface area contributed by atoms with Crippen molar-refractivity contribution in [2.75, 3.05) is 0 Å². The Morgan fingerprint density at radius 1 is 1.38 bits per heavy atom. The zero-order chi connectivity index (χ0) is 11.7. The summed E-state index contributed by atoms with van der Waals surface area (Å²) in [6.07, 6.45) is 0. The van der Waals surface area contributed by atoms with Gasteiger partial charge in [-0.3, -0.25) is 0 Å². The molecule has 0 bridgehead atoms. The van der Waals surface area contributed by atoms with Crippen molar-refractivity contribution in [1.82, 2.24) is 5.16 Å². The summed E-state index contributed by atoms with van der Waals surface area (Å²) in [4.78, 5) is 0. The van der Waals surface area contributed by atoms with Crippen molar-refractivity contribution in [3.63, 3.8) is 0 Å². The maximum absolute atomic E-state index is 13.2. The van der Waals surface area contributed by atoms with Gasteiger partial charge < -0.3 is 0 Å². The summed E-state index contributed by atoms with van der Waals surface area (Å²) in [5, 5.41) is 3.85. The van der Waals surface area contributed by atoms with Crippen molar-refractivity contribution >= 4 is 6.91 Å². The van der Waals surface area contributed by atoms with Crippen LogP contribution in [0.25, 0.3) is 11.2 Å².